The lowest BCUT2D eigenvalue weighted by Gasteiger charge is -2.44. The molecule has 1 aliphatic rings. The quantitative estimate of drug-likeness (QED) is 0.277. The molecule has 0 unspecified atom stereocenters. The van der Waals surface area contributed by atoms with Gasteiger partial charge in [0, 0.05) is 6.61 Å². The number of carbonyl (C=O) groups excluding carboxylic acids is 1. The van der Waals surface area contributed by atoms with Crippen LogP contribution in [0.5, 0.6) is 0 Å². The van der Waals surface area contributed by atoms with Gasteiger partial charge in [-0.25, -0.2) is 4.79 Å². The van der Waals surface area contributed by atoms with Crippen LogP contribution in [-0.2, 0) is 18.7 Å². The number of hydrogen-bond acceptors (Lipinski definition) is 4. The smallest absolute Gasteiger partial charge is 0.338 e. The first-order chi connectivity index (χ1) is 17.2. The van der Waals surface area contributed by atoms with E-state index in [-0.39, 0.29) is 11.0 Å². The molecular formula is C32H48O4Si. The molecule has 0 spiro atoms. The molecule has 0 aromatic heterocycles. The van der Waals surface area contributed by atoms with Crippen LogP contribution in [0.15, 0.2) is 60.7 Å². The first kappa shape index (κ1) is 29.6. The van der Waals surface area contributed by atoms with Crippen LogP contribution in [0.25, 0.3) is 0 Å². The fourth-order valence-electron chi connectivity index (χ4n) is 5.50. The molecule has 5 heteroatoms. The Morgan fingerprint density at radius 2 is 1.27 bits per heavy atom. The molecule has 0 bridgehead atoms. The van der Waals surface area contributed by atoms with Crippen molar-refractivity contribution >= 4 is 24.7 Å². The monoisotopic (exact) mass is 524 g/mol. The molecule has 0 heterocycles. The largest absolute Gasteiger partial charge is 0.458 e. The van der Waals surface area contributed by atoms with Gasteiger partial charge in [-0.05, 0) is 81.1 Å². The highest BCUT2D eigenvalue weighted by Crippen LogP contribution is 2.38. The Labute approximate surface area is 226 Å². The molecule has 0 amide bonds. The topological polar surface area (TPSA) is 44.8 Å². The van der Waals surface area contributed by atoms with Crippen LogP contribution in [0.2, 0.25) is 5.04 Å². The number of benzene rings is 2. The molecule has 1 fully saturated rings. The Hall–Kier alpha value is -1.95. The molecule has 2 atom stereocenters. The Morgan fingerprint density at radius 1 is 0.784 bits per heavy atom. The third-order valence-corrected chi connectivity index (χ3v) is 12.4. The maximum atomic E-state index is 12.6. The zero-order valence-corrected chi connectivity index (χ0v) is 25.3. The second-order valence-corrected chi connectivity index (χ2v) is 17.5. The molecule has 1 aliphatic carbocycles. The Balaban J connectivity index is 1.72. The van der Waals surface area contributed by atoms with E-state index in [1.54, 1.807) is 0 Å². The second kappa shape index (κ2) is 11.8. The minimum atomic E-state index is -2.53. The number of carbonyl (C=O) groups is 1. The zero-order valence-electron chi connectivity index (χ0n) is 24.3. The van der Waals surface area contributed by atoms with Gasteiger partial charge in [0.2, 0.25) is 0 Å². The minimum Gasteiger partial charge on any atom is -0.458 e. The SMILES string of the molecule is CC(C)(C)OC(=O)C(C)(C)OC[C@H]1CCC[C@@H](CO[Si](c2ccccc2)(c2ccccc2)C(C)(C)C)C1. The van der Waals surface area contributed by atoms with E-state index in [4.69, 9.17) is 13.9 Å². The molecular weight excluding hydrogens is 476 g/mol. The summed E-state index contributed by atoms with van der Waals surface area (Å²) < 4.78 is 18.9. The average Bonchev–Trinajstić information content (AvgIpc) is 2.83. The van der Waals surface area contributed by atoms with Crippen molar-refractivity contribution in [1.82, 2.24) is 0 Å². The third-order valence-electron chi connectivity index (χ3n) is 7.41. The van der Waals surface area contributed by atoms with E-state index in [9.17, 15) is 4.79 Å². The van der Waals surface area contributed by atoms with Crippen molar-refractivity contribution in [3.8, 4) is 0 Å². The van der Waals surface area contributed by atoms with E-state index in [1.807, 2.05) is 34.6 Å². The Bertz CT molecular complexity index is 949. The van der Waals surface area contributed by atoms with Crippen LogP contribution in [0.3, 0.4) is 0 Å². The van der Waals surface area contributed by atoms with Gasteiger partial charge in [0.05, 0.1) is 6.61 Å². The van der Waals surface area contributed by atoms with Crippen molar-refractivity contribution in [2.24, 2.45) is 11.8 Å². The lowest BCUT2D eigenvalue weighted by Crippen LogP contribution is -2.67. The second-order valence-electron chi connectivity index (χ2n) is 13.2. The van der Waals surface area contributed by atoms with Crippen molar-refractivity contribution in [1.29, 1.82) is 0 Å². The van der Waals surface area contributed by atoms with E-state index < -0.39 is 19.5 Å². The maximum absolute atomic E-state index is 12.6. The van der Waals surface area contributed by atoms with Crippen molar-refractivity contribution in [2.45, 2.75) is 97.3 Å². The Kier molecular flexibility index (Phi) is 9.47. The van der Waals surface area contributed by atoms with Crippen LogP contribution in [0, 0.1) is 11.8 Å². The van der Waals surface area contributed by atoms with Crippen LogP contribution in [0.1, 0.15) is 81.1 Å². The Morgan fingerprint density at radius 3 is 1.73 bits per heavy atom. The summed E-state index contributed by atoms with van der Waals surface area (Å²) >= 11 is 0. The van der Waals surface area contributed by atoms with Crippen LogP contribution < -0.4 is 10.4 Å². The summed E-state index contributed by atoms with van der Waals surface area (Å²) in [5.74, 6) is 0.597. The fourth-order valence-corrected chi connectivity index (χ4v) is 10.1. The summed E-state index contributed by atoms with van der Waals surface area (Å²) in [7, 11) is -2.53. The van der Waals surface area contributed by atoms with Gasteiger partial charge in [-0.2, -0.15) is 0 Å². The molecule has 0 N–H and O–H groups in total. The molecule has 204 valence electrons. The van der Waals surface area contributed by atoms with Gasteiger partial charge in [0.15, 0.2) is 5.60 Å². The van der Waals surface area contributed by atoms with E-state index in [2.05, 4.69) is 81.4 Å². The fraction of sp³-hybridized carbons (Fsp3) is 0.594. The zero-order chi connectivity index (χ0) is 27.3. The van der Waals surface area contributed by atoms with Gasteiger partial charge in [0.25, 0.3) is 8.32 Å². The van der Waals surface area contributed by atoms with Crippen LogP contribution in [0.4, 0.5) is 0 Å². The molecule has 1 saturated carbocycles. The number of rotatable bonds is 9. The molecule has 0 radical (unpaired) electrons. The van der Waals surface area contributed by atoms with Crippen LogP contribution >= 0.6 is 0 Å². The van der Waals surface area contributed by atoms with Crippen molar-refractivity contribution < 1.29 is 18.7 Å². The van der Waals surface area contributed by atoms with Gasteiger partial charge >= 0.3 is 5.97 Å². The predicted molar refractivity (Wildman–Crippen MR) is 155 cm³/mol. The summed E-state index contributed by atoms with van der Waals surface area (Å²) in [6.45, 7) is 17.6. The van der Waals surface area contributed by atoms with Gasteiger partial charge in [-0.3, -0.25) is 0 Å². The van der Waals surface area contributed by atoms with E-state index >= 15 is 0 Å². The maximum Gasteiger partial charge on any atom is 0.338 e. The predicted octanol–water partition coefficient (Wildman–Crippen LogP) is 6.51. The van der Waals surface area contributed by atoms with Crippen molar-refractivity contribution in [3.05, 3.63) is 60.7 Å². The molecule has 2 aromatic carbocycles. The summed E-state index contributed by atoms with van der Waals surface area (Å²) in [6, 6.07) is 21.7. The summed E-state index contributed by atoms with van der Waals surface area (Å²) in [6.07, 6.45) is 4.52. The molecule has 3 rings (SSSR count). The van der Waals surface area contributed by atoms with Gasteiger partial charge in [-0.1, -0.05) is 87.9 Å². The lowest BCUT2D eigenvalue weighted by molar-refractivity contribution is -0.181. The van der Waals surface area contributed by atoms with Gasteiger partial charge in [0.1, 0.15) is 5.60 Å². The van der Waals surface area contributed by atoms with Crippen molar-refractivity contribution in [3.63, 3.8) is 0 Å². The summed E-state index contributed by atoms with van der Waals surface area (Å²) in [4.78, 5) is 12.6. The molecule has 37 heavy (non-hydrogen) atoms. The summed E-state index contributed by atoms with van der Waals surface area (Å²) in [5, 5.41) is 2.62. The molecule has 0 saturated heterocycles. The van der Waals surface area contributed by atoms with E-state index in [0.29, 0.717) is 18.4 Å². The van der Waals surface area contributed by atoms with Gasteiger partial charge < -0.3 is 13.9 Å². The number of hydrogen-bond donors (Lipinski definition) is 0. The van der Waals surface area contributed by atoms with Crippen LogP contribution in [-0.4, -0.2) is 38.7 Å². The average molecular weight is 525 g/mol. The number of esters is 1. The highest BCUT2D eigenvalue weighted by Gasteiger charge is 2.50. The summed E-state index contributed by atoms with van der Waals surface area (Å²) in [5.41, 5.74) is -1.47. The first-order valence-electron chi connectivity index (χ1n) is 13.9. The molecule has 0 aliphatic heterocycles. The highest BCUT2D eigenvalue weighted by atomic mass is 28.4. The first-order valence-corrected chi connectivity index (χ1v) is 15.8. The third kappa shape index (κ3) is 7.55. The molecule has 4 nitrogen and oxygen atoms in total. The van der Waals surface area contributed by atoms with E-state index in [0.717, 1.165) is 25.9 Å². The highest BCUT2D eigenvalue weighted by molar-refractivity contribution is 6.99. The molecule has 2 aromatic rings. The normalized spacial score (nSPS) is 19.5. The minimum absolute atomic E-state index is 0.0235. The standard InChI is InChI=1S/C32H48O4Si/c1-30(2,3)36-29(33)32(7,8)34-23-25-16-15-17-26(22-25)24-35-37(31(4,5)6,27-18-11-9-12-19-27)28-20-13-10-14-21-28/h9-14,18-21,25-26H,15-17,22-24H2,1-8H3/t25-,26+/m0/s1. The lowest BCUT2D eigenvalue weighted by atomic mass is 9.82. The van der Waals surface area contributed by atoms with Crippen molar-refractivity contribution in [2.75, 3.05) is 13.2 Å². The van der Waals surface area contributed by atoms with Gasteiger partial charge in [-0.15, -0.1) is 0 Å². The van der Waals surface area contributed by atoms with E-state index in [1.165, 1.54) is 16.8 Å². The number of ether oxygens (including phenoxy) is 2.